The topological polar surface area (TPSA) is 18.5 Å². The van der Waals surface area contributed by atoms with Crippen molar-refractivity contribution in [2.75, 3.05) is 13.7 Å². The van der Waals surface area contributed by atoms with Crippen LogP contribution in [0, 0.1) is 13.8 Å². The lowest BCUT2D eigenvalue weighted by Crippen LogP contribution is -1.95. The first kappa shape index (κ1) is 14.6. The van der Waals surface area contributed by atoms with E-state index in [0.29, 0.717) is 13.2 Å². The van der Waals surface area contributed by atoms with Gasteiger partial charge in [-0.3, -0.25) is 0 Å². The molecule has 0 atom stereocenters. The molecule has 20 heavy (non-hydrogen) atoms. The van der Waals surface area contributed by atoms with Crippen molar-refractivity contribution in [3.8, 4) is 16.9 Å². The van der Waals surface area contributed by atoms with Crippen LogP contribution in [0.3, 0.4) is 0 Å². The highest BCUT2D eigenvalue weighted by Crippen LogP contribution is 2.27. The Labute approximate surface area is 121 Å². The molecule has 0 radical (unpaired) electrons. The highest BCUT2D eigenvalue weighted by atomic mass is 16.5. The summed E-state index contributed by atoms with van der Waals surface area (Å²) in [5, 5.41) is 0. The van der Waals surface area contributed by atoms with E-state index in [0.717, 1.165) is 5.75 Å². The molecule has 0 aliphatic rings. The fourth-order valence-corrected chi connectivity index (χ4v) is 2.34. The molecule has 0 fully saturated rings. The van der Waals surface area contributed by atoms with E-state index in [4.69, 9.17) is 9.47 Å². The third-order valence-corrected chi connectivity index (χ3v) is 3.45. The molecule has 0 heterocycles. The van der Waals surface area contributed by atoms with Crippen LogP contribution in [0.5, 0.6) is 5.75 Å². The van der Waals surface area contributed by atoms with Crippen LogP contribution in [0.2, 0.25) is 0 Å². The second-order valence-electron chi connectivity index (χ2n) is 4.99. The maximum Gasteiger partial charge on any atom is 0.122 e. The largest absolute Gasteiger partial charge is 0.494 e. The van der Waals surface area contributed by atoms with E-state index in [-0.39, 0.29) is 0 Å². The van der Waals surface area contributed by atoms with E-state index in [9.17, 15) is 0 Å². The number of hydrogen-bond donors (Lipinski definition) is 0. The van der Waals surface area contributed by atoms with Crippen molar-refractivity contribution in [1.82, 2.24) is 0 Å². The van der Waals surface area contributed by atoms with Crippen LogP contribution in [-0.2, 0) is 11.3 Å². The molecule has 2 nitrogen and oxygen atoms in total. The van der Waals surface area contributed by atoms with Gasteiger partial charge in [-0.15, -0.1) is 0 Å². The predicted octanol–water partition coefficient (Wildman–Crippen LogP) is 4.52. The van der Waals surface area contributed by atoms with Gasteiger partial charge in [0.25, 0.3) is 0 Å². The number of methoxy groups -OCH3 is 1. The standard InChI is InChI=1S/C18H22O2/c1-5-20-18-9-8-16(11-14(18)3)15-6-7-17(12-19-4)13(2)10-15/h6-11H,5,12H2,1-4H3. The summed E-state index contributed by atoms with van der Waals surface area (Å²) in [5.41, 5.74) is 6.12. The van der Waals surface area contributed by atoms with Gasteiger partial charge in [0.1, 0.15) is 5.75 Å². The molecule has 0 saturated carbocycles. The number of rotatable bonds is 5. The van der Waals surface area contributed by atoms with Gasteiger partial charge in [0.05, 0.1) is 13.2 Å². The summed E-state index contributed by atoms with van der Waals surface area (Å²) in [6, 6.07) is 12.8. The average Bonchev–Trinajstić information content (AvgIpc) is 2.44. The van der Waals surface area contributed by atoms with Crippen LogP contribution in [-0.4, -0.2) is 13.7 Å². The predicted molar refractivity (Wildman–Crippen MR) is 83.2 cm³/mol. The first-order chi connectivity index (χ1) is 9.65. The Hall–Kier alpha value is -1.80. The van der Waals surface area contributed by atoms with E-state index in [2.05, 4.69) is 44.2 Å². The van der Waals surface area contributed by atoms with Crippen LogP contribution >= 0.6 is 0 Å². The van der Waals surface area contributed by atoms with Crippen molar-refractivity contribution < 1.29 is 9.47 Å². The molecule has 2 aromatic rings. The molecule has 2 aromatic carbocycles. The summed E-state index contributed by atoms with van der Waals surface area (Å²) in [5.74, 6) is 0.962. The van der Waals surface area contributed by atoms with Gasteiger partial charge in [-0.2, -0.15) is 0 Å². The number of aryl methyl sites for hydroxylation is 2. The first-order valence-corrected chi connectivity index (χ1v) is 6.98. The van der Waals surface area contributed by atoms with Crippen molar-refractivity contribution in [2.24, 2.45) is 0 Å². The van der Waals surface area contributed by atoms with Gasteiger partial charge in [0.2, 0.25) is 0 Å². The third kappa shape index (κ3) is 3.20. The highest BCUT2D eigenvalue weighted by Gasteiger charge is 2.05. The zero-order chi connectivity index (χ0) is 14.5. The van der Waals surface area contributed by atoms with Crippen LogP contribution in [0.25, 0.3) is 11.1 Å². The van der Waals surface area contributed by atoms with Crippen LogP contribution in [0.1, 0.15) is 23.6 Å². The molecule has 0 saturated heterocycles. The number of benzene rings is 2. The lowest BCUT2D eigenvalue weighted by Gasteiger charge is -2.11. The Morgan fingerprint density at radius 2 is 1.55 bits per heavy atom. The van der Waals surface area contributed by atoms with E-state index < -0.39 is 0 Å². The number of hydrogen-bond acceptors (Lipinski definition) is 2. The zero-order valence-electron chi connectivity index (χ0n) is 12.7. The summed E-state index contributed by atoms with van der Waals surface area (Å²) in [7, 11) is 1.73. The molecule has 0 aliphatic carbocycles. The second-order valence-corrected chi connectivity index (χ2v) is 4.99. The molecule has 2 heteroatoms. The Morgan fingerprint density at radius 1 is 0.900 bits per heavy atom. The second kappa shape index (κ2) is 6.58. The van der Waals surface area contributed by atoms with E-state index in [1.807, 2.05) is 13.0 Å². The highest BCUT2D eigenvalue weighted by molar-refractivity contribution is 5.67. The van der Waals surface area contributed by atoms with Gasteiger partial charge in [0.15, 0.2) is 0 Å². The van der Waals surface area contributed by atoms with Crippen molar-refractivity contribution in [1.29, 1.82) is 0 Å². The minimum Gasteiger partial charge on any atom is -0.494 e. The Bertz CT molecular complexity index is 534. The summed E-state index contributed by atoms with van der Waals surface area (Å²) < 4.78 is 10.8. The quantitative estimate of drug-likeness (QED) is 0.795. The zero-order valence-corrected chi connectivity index (χ0v) is 12.7. The molecular weight excluding hydrogens is 248 g/mol. The normalized spacial score (nSPS) is 10.6. The lowest BCUT2D eigenvalue weighted by atomic mass is 9.98. The van der Waals surface area contributed by atoms with Crippen LogP contribution in [0.15, 0.2) is 36.4 Å². The van der Waals surface area contributed by atoms with Gasteiger partial charge in [-0.25, -0.2) is 0 Å². The molecule has 106 valence electrons. The average molecular weight is 270 g/mol. The molecule has 0 bridgehead atoms. The van der Waals surface area contributed by atoms with Gasteiger partial charge >= 0.3 is 0 Å². The SMILES string of the molecule is CCOc1ccc(-c2ccc(COC)c(C)c2)cc1C. The Morgan fingerprint density at radius 3 is 2.10 bits per heavy atom. The van der Waals surface area contributed by atoms with E-state index >= 15 is 0 Å². The van der Waals surface area contributed by atoms with E-state index in [1.165, 1.54) is 27.8 Å². The van der Waals surface area contributed by atoms with E-state index in [1.54, 1.807) is 7.11 Å². The maximum atomic E-state index is 5.59. The summed E-state index contributed by atoms with van der Waals surface area (Å²) in [4.78, 5) is 0. The molecule has 0 unspecified atom stereocenters. The molecule has 0 N–H and O–H groups in total. The third-order valence-electron chi connectivity index (χ3n) is 3.45. The van der Waals surface area contributed by atoms with Gasteiger partial charge in [-0.05, 0) is 60.7 Å². The van der Waals surface area contributed by atoms with Crippen molar-refractivity contribution in [3.05, 3.63) is 53.1 Å². The molecule has 2 rings (SSSR count). The van der Waals surface area contributed by atoms with Gasteiger partial charge < -0.3 is 9.47 Å². The maximum absolute atomic E-state index is 5.59. The molecule has 0 aromatic heterocycles. The van der Waals surface area contributed by atoms with Crippen LogP contribution in [0.4, 0.5) is 0 Å². The van der Waals surface area contributed by atoms with Gasteiger partial charge in [-0.1, -0.05) is 24.3 Å². The Kier molecular flexibility index (Phi) is 4.80. The van der Waals surface area contributed by atoms with Gasteiger partial charge in [0, 0.05) is 7.11 Å². The van der Waals surface area contributed by atoms with Crippen LogP contribution < -0.4 is 4.74 Å². The monoisotopic (exact) mass is 270 g/mol. The fourth-order valence-electron chi connectivity index (χ4n) is 2.34. The fraction of sp³-hybridized carbons (Fsp3) is 0.333. The lowest BCUT2D eigenvalue weighted by molar-refractivity contribution is 0.184. The summed E-state index contributed by atoms with van der Waals surface area (Å²) in [6.07, 6.45) is 0. The van der Waals surface area contributed by atoms with Crippen molar-refractivity contribution in [3.63, 3.8) is 0 Å². The molecular formula is C18H22O2. The smallest absolute Gasteiger partial charge is 0.122 e. The first-order valence-electron chi connectivity index (χ1n) is 6.98. The van der Waals surface area contributed by atoms with Crippen molar-refractivity contribution in [2.45, 2.75) is 27.4 Å². The molecule has 0 amide bonds. The molecule has 0 aliphatic heterocycles. The summed E-state index contributed by atoms with van der Waals surface area (Å²) in [6.45, 7) is 7.57. The minimum absolute atomic E-state index is 0.661. The molecule has 0 spiro atoms. The minimum atomic E-state index is 0.661. The Balaban J connectivity index is 2.32. The summed E-state index contributed by atoms with van der Waals surface area (Å²) >= 11 is 0. The van der Waals surface area contributed by atoms with Crippen molar-refractivity contribution >= 4 is 0 Å². The number of ether oxygens (including phenoxy) is 2.